The van der Waals surface area contributed by atoms with Crippen LogP contribution in [0.15, 0.2) is 59.5 Å². The van der Waals surface area contributed by atoms with Gasteiger partial charge in [-0.1, -0.05) is 30.3 Å². The first kappa shape index (κ1) is 21.9. The highest BCUT2D eigenvalue weighted by molar-refractivity contribution is 7.89. The predicted octanol–water partition coefficient (Wildman–Crippen LogP) is 1.91. The minimum atomic E-state index is -3.80. The molecule has 1 saturated heterocycles. The summed E-state index contributed by atoms with van der Waals surface area (Å²) in [5.41, 5.74) is 0.0314. The average Bonchev–Trinajstić information content (AvgIpc) is 2.74. The number of sulfonamides is 1. The summed E-state index contributed by atoms with van der Waals surface area (Å²) in [5.74, 6) is -1.37. The highest BCUT2D eigenvalue weighted by atomic mass is 32.2. The van der Waals surface area contributed by atoms with Crippen molar-refractivity contribution in [3.05, 3.63) is 66.0 Å². The molecule has 1 aliphatic rings. The number of amides is 2. The lowest BCUT2D eigenvalue weighted by Crippen LogP contribution is -2.51. The Morgan fingerprint density at radius 1 is 1.03 bits per heavy atom. The standard InChI is InChI=1S/C21H24FN3O4S/c1-15(24-30(28,29)17-7-3-2-4-8-17)20(26)23-16-11-13-25(14-12-16)21(27)18-9-5-6-10-19(18)22/h2-10,15-16,24H,11-14H2,1H3,(H,23,26)/t15-/m0/s1. The predicted molar refractivity (Wildman–Crippen MR) is 110 cm³/mol. The molecule has 30 heavy (non-hydrogen) atoms. The van der Waals surface area contributed by atoms with E-state index in [1.54, 1.807) is 29.2 Å². The van der Waals surface area contributed by atoms with Crippen molar-refractivity contribution >= 4 is 21.8 Å². The maximum absolute atomic E-state index is 13.8. The third kappa shape index (κ3) is 5.22. The van der Waals surface area contributed by atoms with Crippen molar-refractivity contribution in [2.75, 3.05) is 13.1 Å². The van der Waals surface area contributed by atoms with Crippen molar-refractivity contribution in [3.8, 4) is 0 Å². The van der Waals surface area contributed by atoms with Crippen LogP contribution in [-0.2, 0) is 14.8 Å². The molecule has 0 aliphatic carbocycles. The van der Waals surface area contributed by atoms with E-state index in [9.17, 15) is 22.4 Å². The average molecular weight is 434 g/mol. The SMILES string of the molecule is C[C@H](NS(=O)(=O)c1ccccc1)C(=O)NC1CCN(C(=O)c2ccccc2F)CC1. The summed E-state index contributed by atoms with van der Waals surface area (Å²) < 4.78 is 40.9. The van der Waals surface area contributed by atoms with E-state index in [0.717, 1.165) is 0 Å². The van der Waals surface area contributed by atoms with E-state index < -0.39 is 27.8 Å². The zero-order chi connectivity index (χ0) is 21.7. The molecular weight excluding hydrogens is 409 g/mol. The second-order valence-electron chi connectivity index (χ2n) is 7.21. The molecule has 3 rings (SSSR count). The van der Waals surface area contributed by atoms with Gasteiger partial charge in [0.25, 0.3) is 5.91 Å². The lowest BCUT2D eigenvalue weighted by molar-refractivity contribution is -0.123. The normalized spacial score (nSPS) is 16.1. The Morgan fingerprint density at radius 2 is 1.63 bits per heavy atom. The third-order valence-corrected chi connectivity index (χ3v) is 6.57. The van der Waals surface area contributed by atoms with Crippen LogP contribution < -0.4 is 10.0 Å². The second kappa shape index (κ2) is 9.36. The summed E-state index contributed by atoms with van der Waals surface area (Å²) >= 11 is 0. The quantitative estimate of drug-likeness (QED) is 0.728. The second-order valence-corrected chi connectivity index (χ2v) is 8.92. The maximum atomic E-state index is 13.8. The van der Waals surface area contributed by atoms with Crippen molar-refractivity contribution in [1.29, 1.82) is 0 Å². The summed E-state index contributed by atoms with van der Waals surface area (Å²) in [6.45, 7) is 2.23. The van der Waals surface area contributed by atoms with E-state index >= 15 is 0 Å². The Morgan fingerprint density at radius 3 is 2.27 bits per heavy atom. The molecule has 1 aliphatic heterocycles. The highest BCUT2D eigenvalue weighted by Crippen LogP contribution is 2.16. The van der Waals surface area contributed by atoms with E-state index in [-0.39, 0.29) is 22.4 Å². The molecule has 0 aromatic heterocycles. The number of carbonyl (C=O) groups is 2. The van der Waals surface area contributed by atoms with Gasteiger partial charge in [-0.2, -0.15) is 4.72 Å². The molecule has 0 radical (unpaired) electrons. The number of nitrogens with one attached hydrogen (secondary N) is 2. The van der Waals surface area contributed by atoms with Gasteiger partial charge < -0.3 is 10.2 Å². The molecule has 1 atom stereocenters. The van der Waals surface area contributed by atoms with Crippen molar-refractivity contribution < 1.29 is 22.4 Å². The van der Waals surface area contributed by atoms with E-state index in [4.69, 9.17) is 0 Å². The molecule has 2 aromatic carbocycles. The van der Waals surface area contributed by atoms with Gasteiger partial charge in [0.15, 0.2) is 0 Å². The van der Waals surface area contributed by atoms with Crippen LogP contribution in [-0.4, -0.2) is 50.3 Å². The van der Waals surface area contributed by atoms with Gasteiger partial charge in [0.05, 0.1) is 16.5 Å². The molecule has 0 unspecified atom stereocenters. The molecule has 7 nitrogen and oxygen atoms in total. The summed E-state index contributed by atoms with van der Waals surface area (Å²) in [5, 5.41) is 2.83. The fraction of sp³-hybridized carbons (Fsp3) is 0.333. The van der Waals surface area contributed by atoms with Gasteiger partial charge in [0.2, 0.25) is 15.9 Å². The number of hydrogen-bond acceptors (Lipinski definition) is 4. The summed E-state index contributed by atoms with van der Waals surface area (Å²) in [7, 11) is -3.80. The number of piperidine rings is 1. The molecule has 0 bridgehead atoms. The van der Waals surface area contributed by atoms with E-state index in [2.05, 4.69) is 10.0 Å². The van der Waals surface area contributed by atoms with E-state index in [1.807, 2.05) is 0 Å². The van der Waals surface area contributed by atoms with Crippen molar-refractivity contribution in [1.82, 2.24) is 14.9 Å². The minimum absolute atomic E-state index is 0.0314. The number of nitrogens with zero attached hydrogens (tertiary/aromatic N) is 1. The van der Waals surface area contributed by atoms with Gasteiger partial charge in [0, 0.05) is 19.1 Å². The Hall–Kier alpha value is -2.78. The van der Waals surface area contributed by atoms with E-state index in [1.165, 1.54) is 37.3 Å². The Bertz CT molecular complexity index is 1010. The highest BCUT2D eigenvalue weighted by Gasteiger charge is 2.28. The molecule has 2 N–H and O–H groups in total. The van der Waals surface area contributed by atoms with Crippen LogP contribution in [0.5, 0.6) is 0 Å². The van der Waals surface area contributed by atoms with Crippen LogP contribution in [0.3, 0.4) is 0 Å². The zero-order valence-electron chi connectivity index (χ0n) is 16.5. The van der Waals surface area contributed by atoms with Crippen LogP contribution in [0.4, 0.5) is 4.39 Å². The van der Waals surface area contributed by atoms with Crippen LogP contribution in [0, 0.1) is 5.82 Å². The third-order valence-electron chi connectivity index (χ3n) is 5.01. The number of halogens is 1. The van der Waals surface area contributed by atoms with Gasteiger partial charge in [0.1, 0.15) is 5.82 Å². The minimum Gasteiger partial charge on any atom is -0.352 e. The first-order chi connectivity index (χ1) is 14.3. The fourth-order valence-electron chi connectivity index (χ4n) is 3.31. The Balaban J connectivity index is 1.51. The first-order valence-corrected chi connectivity index (χ1v) is 11.2. The van der Waals surface area contributed by atoms with Gasteiger partial charge >= 0.3 is 0 Å². The molecule has 1 fully saturated rings. The van der Waals surface area contributed by atoms with Crippen molar-refractivity contribution in [2.45, 2.75) is 36.7 Å². The summed E-state index contributed by atoms with van der Waals surface area (Å²) in [4.78, 5) is 26.6. The van der Waals surface area contributed by atoms with Crippen LogP contribution in [0.25, 0.3) is 0 Å². The lowest BCUT2D eigenvalue weighted by atomic mass is 10.0. The maximum Gasteiger partial charge on any atom is 0.256 e. The number of hydrogen-bond donors (Lipinski definition) is 2. The zero-order valence-corrected chi connectivity index (χ0v) is 17.4. The molecule has 2 aromatic rings. The lowest BCUT2D eigenvalue weighted by Gasteiger charge is -2.33. The Labute approximate surface area is 175 Å². The Kier molecular flexibility index (Phi) is 6.84. The van der Waals surface area contributed by atoms with Crippen molar-refractivity contribution in [3.63, 3.8) is 0 Å². The van der Waals surface area contributed by atoms with Gasteiger partial charge in [-0.3, -0.25) is 9.59 Å². The van der Waals surface area contributed by atoms with Crippen LogP contribution in [0.2, 0.25) is 0 Å². The number of benzene rings is 2. The van der Waals surface area contributed by atoms with Gasteiger partial charge in [-0.25, -0.2) is 12.8 Å². The molecular formula is C21H24FN3O4S. The largest absolute Gasteiger partial charge is 0.352 e. The number of likely N-dealkylation sites (tertiary alicyclic amines) is 1. The molecule has 9 heteroatoms. The fourth-order valence-corrected chi connectivity index (χ4v) is 4.54. The number of rotatable bonds is 6. The smallest absolute Gasteiger partial charge is 0.256 e. The molecule has 0 saturated carbocycles. The summed E-state index contributed by atoms with van der Waals surface area (Å²) in [6.07, 6.45) is 1.01. The molecule has 1 heterocycles. The van der Waals surface area contributed by atoms with E-state index in [0.29, 0.717) is 25.9 Å². The number of carbonyl (C=O) groups excluding carboxylic acids is 2. The molecule has 160 valence electrons. The van der Waals surface area contributed by atoms with Crippen molar-refractivity contribution in [2.24, 2.45) is 0 Å². The summed E-state index contributed by atoms with van der Waals surface area (Å²) in [6, 6.07) is 12.5. The topological polar surface area (TPSA) is 95.6 Å². The molecule has 0 spiro atoms. The van der Waals surface area contributed by atoms with Crippen LogP contribution in [0.1, 0.15) is 30.1 Å². The first-order valence-electron chi connectivity index (χ1n) is 9.69. The molecule has 2 amide bonds. The van der Waals surface area contributed by atoms with Gasteiger partial charge in [-0.05, 0) is 44.0 Å². The monoisotopic (exact) mass is 433 g/mol. The van der Waals surface area contributed by atoms with Gasteiger partial charge in [-0.15, -0.1) is 0 Å². The van der Waals surface area contributed by atoms with Crippen LogP contribution >= 0.6 is 0 Å².